The molecule has 2 atom stereocenters. The number of fused-ring (bicyclic) bond motifs is 4. The van der Waals surface area contributed by atoms with Crippen LogP contribution >= 0.6 is 0 Å². The minimum absolute atomic E-state index is 0.246. The molecule has 1 aromatic carbocycles. The van der Waals surface area contributed by atoms with Gasteiger partial charge in [0.25, 0.3) is 0 Å². The molecular formula is C30H40N8. The van der Waals surface area contributed by atoms with E-state index in [0.29, 0.717) is 5.92 Å². The van der Waals surface area contributed by atoms with Crippen LogP contribution in [0.25, 0.3) is 10.9 Å². The number of hydrogen-bond acceptors (Lipinski definition) is 6. The van der Waals surface area contributed by atoms with Gasteiger partial charge in [-0.05, 0) is 55.4 Å². The largest absolute Gasteiger partial charge is 0.404 e. The molecule has 0 radical (unpaired) electrons. The topological polar surface area (TPSA) is 90.5 Å². The lowest BCUT2D eigenvalue weighted by atomic mass is 9.91. The molecule has 4 N–H and O–H groups in total. The van der Waals surface area contributed by atoms with Crippen molar-refractivity contribution in [2.24, 2.45) is 10.7 Å². The second-order valence-electron chi connectivity index (χ2n) is 10.9. The Balaban J connectivity index is 1.52. The lowest BCUT2D eigenvalue weighted by Gasteiger charge is -2.36. The van der Waals surface area contributed by atoms with Gasteiger partial charge in [-0.1, -0.05) is 38.6 Å². The molecule has 200 valence electrons. The maximum atomic E-state index is 6.20. The fourth-order valence-electron chi connectivity index (χ4n) is 5.68. The molecule has 2 aromatic heterocycles. The van der Waals surface area contributed by atoms with Crippen LogP contribution in [0.15, 0.2) is 65.6 Å². The van der Waals surface area contributed by atoms with Crippen molar-refractivity contribution in [2.45, 2.75) is 58.2 Å². The number of hydrogen-bond donors (Lipinski definition) is 3. The zero-order valence-electron chi connectivity index (χ0n) is 23.4. The highest BCUT2D eigenvalue weighted by molar-refractivity contribution is 5.89. The van der Waals surface area contributed by atoms with Gasteiger partial charge >= 0.3 is 0 Å². The summed E-state index contributed by atoms with van der Waals surface area (Å²) in [6.45, 7) is 10.5. The fraction of sp³-hybridized carbons (Fsp3) is 0.400. The smallest absolute Gasteiger partial charge is 0.223 e. The van der Waals surface area contributed by atoms with E-state index in [1.165, 1.54) is 33.3 Å². The van der Waals surface area contributed by atoms with Crippen LogP contribution in [-0.2, 0) is 12.8 Å². The number of allylic oxidation sites excluding steroid dienone is 1. The van der Waals surface area contributed by atoms with Gasteiger partial charge in [0.2, 0.25) is 5.96 Å². The van der Waals surface area contributed by atoms with E-state index in [0.717, 1.165) is 42.3 Å². The maximum absolute atomic E-state index is 6.20. The lowest BCUT2D eigenvalue weighted by molar-refractivity contribution is 0.511. The van der Waals surface area contributed by atoms with Crippen LogP contribution in [0.1, 0.15) is 48.6 Å². The normalized spacial score (nSPS) is 19.9. The highest BCUT2D eigenvalue weighted by Gasteiger charge is 2.33. The van der Waals surface area contributed by atoms with Crippen LogP contribution in [0.4, 0.5) is 5.82 Å². The van der Waals surface area contributed by atoms with Gasteiger partial charge in [0.15, 0.2) is 6.17 Å². The summed E-state index contributed by atoms with van der Waals surface area (Å²) in [6, 6.07) is 6.80. The number of H-pyrrole nitrogens is 1. The summed E-state index contributed by atoms with van der Waals surface area (Å²) in [7, 11) is 6.06. The first-order valence-electron chi connectivity index (χ1n) is 13.4. The third-order valence-corrected chi connectivity index (χ3v) is 7.83. The van der Waals surface area contributed by atoms with E-state index >= 15 is 0 Å². The number of anilines is 1. The van der Waals surface area contributed by atoms with Crippen LogP contribution in [0.5, 0.6) is 0 Å². The molecule has 0 spiro atoms. The average Bonchev–Trinajstić information content (AvgIpc) is 3.50. The lowest BCUT2D eigenvalue weighted by Crippen LogP contribution is -2.49. The molecule has 38 heavy (non-hydrogen) atoms. The molecule has 3 aromatic rings. The van der Waals surface area contributed by atoms with Gasteiger partial charge < -0.3 is 25.8 Å². The number of aromatic amines is 1. The predicted molar refractivity (Wildman–Crippen MR) is 158 cm³/mol. The van der Waals surface area contributed by atoms with Gasteiger partial charge in [-0.25, -0.2) is 4.99 Å². The van der Waals surface area contributed by atoms with Crippen molar-refractivity contribution in [3.05, 3.63) is 83.0 Å². The van der Waals surface area contributed by atoms with Gasteiger partial charge in [0.05, 0.1) is 6.20 Å². The molecule has 0 bridgehead atoms. The summed E-state index contributed by atoms with van der Waals surface area (Å²) in [4.78, 5) is 13.1. The Morgan fingerprint density at radius 3 is 2.79 bits per heavy atom. The zero-order chi connectivity index (χ0) is 27.1. The molecule has 1 aliphatic heterocycles. The molecule has 0 amide bonds. The first kappa shape index (κ1) is 25.7. The standard InChI is InChI=1S/C30H40N8/c1-8-22(36(5)6)14-20(16-31)28-35-30(38-29(37(28)7)25(17-32-38)18(2)3)33-21-12-13-26-24(15-21)23-11-9-10-19(4)27(23)34-26/h8-11,14,16-18,21,28,34H,1,12-13,15,31H2,2-7H3,(H,33,35). The summed E-state index contributed by atoms with van der Waals surface area (Å²) in [5, 5.41) is 9.90. The van der Waals surface area contributed by atoms with E-state index in [-0.39, 0.29) is 12.2 Å². The Kier molecular flexibility index (Phi) is 6.82. The molecule has 2 aliphatic rings. The first-order chi connectivity index (χ1) is 18.2. The van der Waals surface area contributed by atoms with Crippen LogP contribution in [0.2, 0.25) is 0 Å². The van der Waals surface area contributed by atoms with Crippen molar-refractivity contribution in [3.8, 4) is 0 Å². The van der Waals surface area contributed by atoms with Crippen LogP contribution < -0.4 is 16.0 Å². The molecule has 1 aliphatic carbocycles. The Morgan fingerprint density at radius 2 is 2.11 bits per heavy atom. The minimum atomic E-state index is -0.297. The number of nitrogens with two attached hydrogens (primary N) is 1. The highest BCUT2D eigenvalue weighted by Crippen LogP contribution is 2.34. The number of benzene rings is 1. The Hall–Kier alpha value is -3.94. The summed E-state index contributed by atoms with van der Waals surface area (Å²) in [6.07, 6.45) is 10.2. The third kappa shape index (κ3) is 4.38. The summed E-state index contributed by atoms with van der Waals surface area (Å²) < 4.78 is 1.96. The third-order valence-electron chi connectivity index (χ3n) is 7.83. The summed E-state index contributed by atoms with van der Waals surface area (Å²) >= 11 is 0. The van der Waals surface area contributed by atoms with Gasteiger partial charge in [-0.3, -0.25) is 0 Å². The van der Waals surface area contributed by atoms with E-state index < -0.39 is 0 Å². The van der Waals surface area contributed by atoms with E-state index in [1.807, 2.05) is 35.9 Å². The number of aryl methyl sites for hydroxylation is 2. The number of likely N-dealkylation sites (N-methyl/N-ethyl adjacent to an activating group) is 2. The molecule has 8 heteroatoms. The highest BCUT2D eigenvalue weighted by atomic mass is 15.5. The van der Waals surface area contributed by atoms with Crippen molar-refractivity contribution in [1.82, 2.24) is 25.0 Å². The fourth-order valence-corrected chi connectivity index (χ4v) is 5.68. The average molecular weight is 513 g/mol. The quantitative estimate of drug-likeness (QED) is 0.426. The number of nitrogens with one attached hydrogen (secondary N) is 2. The second kappa shape index (κ2) is 10.1. The van der Waals surface area contributed by atoms with Crippen molar-refractivity contribution in [2.75, 3.05) is 26.0 Å². The van der Waals surface area contributed by atoms with Gasteiger partial charge in [-0.2, -0.15) is 9.78 Å². The van der Waals surface area contributed by atoms with E-state index in [4.69, 9.17) is 15.8 Å². The minimum Gasteiger partial charge on any atom is -0.404 e. The van der Waals surface area contributed by atoms with Crippen molar-refractivity contribution in [1.29, 1.82) is 0 Å². The number of aromatic nitrogens is 3. The van der Waals surface area contributed by atoms with Crippen LogP contribution in [-0.4, -0.2) is 59.0 Å². The van der Waals surface area contributed by atoms with Crippen molar-refractivity contribution >= 4 is 22.7 Å². The van der Waals surface area contributed by atoms with Gasteiger partial charge in [0.1, 0.15) is 5.82 Å². The van der Waals surface area contributed by atoms with Crippen LogP contribution in [0, 0.1) is 6.92 Å². The molecular weight excluding hydrogens is 472 g/mol. The van der Waals surface area contributed by atoms with Gasteiger partial charge in [0, 0.05) is 66.8 Å². The van der Waals surface area contributed by atoms with Gasteiger partial charge in [-0.15, -0.1) is 0 Å². The number of para-hydroxylation sites is 1. The number of aliphatic imine (C=N–C) groups is 1. The Bertz CT molecular complexity index is 1450. The summed E-state index contributed by atoms with van der Waals surface area (Å²) in [5.41, 5.74) is 14.6. The SMILES string of the molecule is C=CC(=CC(=CN)C1N=C(NC2CCc3[nH]c4c(C)cccc4c3C2)n2ncc(C(C)C)c2N1C)N(C)C. The second-order valence-corrected chi connectivity index (χ2v) is 10.9. The first-order valence-corrected chi connectivity index (χ1v) is 13.4. The predicted octanol–water partition coefficient (Wildman–Crippen LogP) is 4.40. The maximum Gasteiger partial charge on any atom is 0.223 e. The molecule has 5 rings (SSSR count). The molecule has 0 fully saturated rings. The van der Waals surface area contributed by atoms with E-state index in [2.05, 4.69) is 73.9 Å². The molecule has 2 unspecified atom stereocenters. The van der Waals surface area contributed by atoms with Crippen molar-refractivity contribution in [3.63, 3.8) is 0 Å². The van der Waals surface area contributed by atoms with E-state index in [1.54, 1.807) is 6.20 Å². The molecule has 0 saturated carbocycles. The number of rotatable bonds is 6. The van der Waals surface area contributed by atoms with Crippen molar-refractivity contribution < 1.29 is 0 Å². The Labute approximate surface area is 225 Å². The summed E-state index contributed by atoms with van der Waals surface area (Å²) in [5.74, 6) is 2.12. The Morgan fingerprint density at radius 1 is 1.32 bits per heavy atom. The molecule has 8 nitrogen and oxygen atoms in total. The van der Waals surface area contributed by atoms with E-state index in [9.17, 15) is 0 Å². The molecule has 3 heterocycles. The number of nitrogens with zero attached hydrogens (tertiary/aromatic N) is 5. The monoisotopic (exact) mass is 512 g/mol. The molecule has 0 saturated heterocycles. The van der Waals surface area contributed by atoms with Crippen LogP contribution in [0.3, 0.4) is 0 Å². The zero-order valence-corrected chi connectivity index (χ0v) is 23.4.